The SMILES string of the molecule is Cc1nc(C2CCN(C(=O)[C@H]3CCCO3)CC2)nc2c1CCC(=O)N2CCc1ccccc1. The van der Waals surface area contributed by atoms with Crippen molar-refractivity contribution in [1.82, 2.24) is 14.9 Å². The van der Waals surface area contributed by atoms with E-state index in [4.69, 9.17) is 14.7 Å². The number of likely N-dealkylation sites (tertiary alicyclic amines) is 1. The third-order valence-corrected chi connectivity index (χ3v) is 7.20. The van der Waals surface area contributed by atoms with Gasteiger partial charge in [0, 0.05) is 49.8 Å². The largest absolute Gasteiger partial charge is 0.368 e. The number of ether oxygens (including phenoxy) is 1. The Bertz CT molecular complexity index is 1010. The second-order valence-corrected chi connectivity index (χ2v) is 9.35. The van der Waals surface area contributed by atoms with Gasteiger partial charge in [-0.1, -0.05) is 30.3 Å². The molecule has 174 valence electrons. The summed E-state index contributed by atoms with van der Waals surface area (Å²) in [6, 6.07) is 10.3. The molecule has 4 heterocycles. The first kappa shape index (κ1) is 22.0. The van der Waals surface area contributed by atoms with Crippen LogP contribution in [0.1, 0.15) is 60.7 Å². The lowest BCUT2D eigenvalue weighted by molar-refractivity contribution is -0.142. The molecule has 0 aliphatic carbocycles. The molecule has 5 rings (SSSR count). The summed E-state index contributed by atoms with van der Waals surface area (Å²) in [4.78, 5) is 39.1. The van der Waals surface area contributed by atoms with E-state index in [-0.39, 0.29) is 23.8 Å². The van der Waals surface area contributed by atoms with Crippen LogP contribution in [0.4, 0.5) is 5.82 Å². The highest BCUT2D eigenvalue weighted by molar-refractivity contribution is 5.95. The fourth-order valence-electron chi connectivity index (χ4n) is 5.24. The Morgan fingerprint density at radius 3 is 2.61 bits per heavy atom. The topological polar surface area (TPSA) is 75.6 Å². The number of benzene rings is 1. The van der Waals surface area contributed by atoms with Gasteiger partial charge in [0.05, 0.1) is 0 Å². The first-order valence-electron chi connectivity index (χ1n) is 12.2. The summed E-state index contributed by atoms with van der Waals surface area (Å²) in [5, 5.41) is 0. The van der Waals surface area contributed by atoms with Gasteiger partial charge in [-0.15, -0.1) is 0 Å². The smallest absolute Gasteiger partial charge is 0.251 e. The van der Waals surface area contributed by atoms with Crippen molar-refractivity contribution in [2.45, 2.75) is 63.9 Å². The number of piperidine rings is 1. The van der Waals surface area contributed by atoms with Gasteiger partial charge in [-0.25, -0.2) is 9.97 Å². The zero-order valence-corrected chi connectivity index (χ0v) is 19.3. The van der Waals surface area contributed by atoms with Crippen molar-refractivity contribution in [3.63, 3.8) is 0 Å². The van der Waals surface area contributed by atoms with Gasteiger partial charge in [-0.3, -0.25) is 14.5 Å². The fourth-order valence-corrected chi connectivity index (χ4v) is 5.24. The Balaban J connectivity index is 1.31. The second kappa shape index (κ2) is 9.59. The van der Waals surface area contributed by atoms with E-state index in [9.17, 15) is 9.59 Å². The molecule has 0 N–H and O–H groups in total. The Morgan fingerprint density at radius 1 is 1.09 bits per heavy atom. The molecule has 7 nitrogen and oxygen atoms in total. The van der Waals surface area contributed by atoms with Gasteiger partial charge in [0.2, 0.25) is 5.91 Å². The molecule has 2 fully saturated rings. The van der Waals surface area contributed by atoms with Crippen molar-refractivity contribution < 1.29 is 14.3 Å². The molecule has 7 heteroatoms. The summed E-state index contributed by atoms with van der Waals surface area (Å²) in [5.74, 6) is 2.08. The lowest BCUT2D eigenvalue weighted by Gasteiger charge is -2.34. The van der Waals surface area contributed by atoms with E-state index >= 15 is 0 Å². The monoisotopic (exact) mass is 448 g/mol. The van der Waals surface area contributed by atoms with Crippen LogP contribution in [0.15, 0.2) is 30.3 Å². The lowest BCUT2D eigenvalue weighted by atomic mass is 9.94. The zero-order valence-electron chi connectivity index (χ0n) is 19.3. The maximum atomic E-state index is 12.8. The van der Waals surface area contributed by atoms with Gasteiger partial charge >= 0.3 is 0 Å². The summed E-state index contributed by atoms with van der Waals surface area (Å²) in [6.07, 6.45) is 5.24. The first-order chi connectivity index (χ1) is 16.1. The van der Waals surface area contributed by atoms with Gasteiger partial charge in [0.25, 0.3) is 5.91 Å². The number of fused-ring (bicyclic) bond motifs is 1. The van der Waals surface area contributed by atoms with Crippen LogP contribution in [-0.4, -0.2) is 59.0 Å². The van der Waals surface area contributed by atoms with Crippen LogP contribution in [0.25, 0.3) is 0 Å². The summed E-state index contributed by atoms with van der Waals surface area (Å²) in [6.45, 7) is 4.76. The van der Waals surface area contributed by atoms with Crippen molar-refractivity contribution in [3.8, 4) is 0 Å². The summed E-state index contributed by atoms with van der Waals surface area (Å²) < 4.78 is 5.58. The zero-order chi connectivity index (χ0) is 22.8. The van der Waals surface area contributed by atoms with Gasteiger partial charge in [0.15, 0.2) is 0 Å². The molecule has 2 aromatic rings. The third-order valence-electron chi connectivity index (χ3n) is 7.20. The van der Waals surface area contributed by atoms with E-state index in [0.29, 0.717) is 39.1 Å². The highest BCUT2D eigenvalue weighted by Crippen LogP contribution is 2.33. The van der Waals surface area contributed by atoms with E-state index in [1.807, 2.05) is 34.9 Å². The molecule has 0 unspecified atom stereocenters. The maximum absolute atomic E-state index is 12.8. The van der Waals surface area contributed by atoms with E-state index in [0.717, 1.165) is 55.0 Å². The van der Waals surface area contributed by atoms with Crippen LogP contribution >= 0.6 is 0 Å². The number of aromatic nitrogens is 2. The molecule has 0 radical (unpaired) electrons. The number of hydrogen-bond donors (Lipinski definition) is 0. The quantitative estimate of drug-likeness (QED) is 0.702. The number of anilines is 1. The van der Waals surface area contributed by atoms with Crippen LogP contribution in [0, 0.1) is 6.92 Å². The molecule has 3 aliphatic heterocycles. The van der Waals surface area contributed by atoms with Crippen LogP contribution < -0.4 is 4.90 Å². The van der Waals surface area contributed by atoms with Gasteiger partial charge < -0.3 is 9.64 Å². The normalized spacial score (nSPS) is 21.4. The Kier molecular flexibility index (Phi) is 6.40. The molecular formula is C26H32N4O3. The molecule has 3 aliphatic rings. The van der Waals surface area contributed by atoms with E-state index in [1.54, 1.807) is 0 Å². The predicted molar refractivity (Wildman–Crippen MR) is 125 cm³/mol. The van der Waals surface area contributed by atoms with Crippen molar-refractivity contribution in [2.24, 2.45) is 0 Å². The van der Waals surface area contributed by atoms with Crippen molar-refractivity contribution in [2.75, 3.05) is 31.1 Å². The second-order valence-electron chi connectivity index (χ2n) is 9.35. The molecule has 1 aromatic carbocycles. The number of rotatable bonds is 5. The first-order valence-corrected chi connectivity index (χ1v) is 12.2. The molecule has 1 aromatic heterocycles. The van der Waals surface area contributed by atoms with Crippen LogP contribution in [-0.2, 0) is 27.2 Å². The van der Waals surface area contributed by atoms with Gasteiger partial charge in [-0.2, -0.15) is 0 Å². The van der Waals surface area contributed by atoms with Crippen LogP contribution in [0.5, 0.6) is 0 Å². The lowest BCUT2D eigenvalue weighted by Crippen LogP contribution is -2.43. The molecule has 0 bridgehead atoms. The Labute approximate surface area is 195 Å². The molecule has 2 saturated heterocycles. The third kappa shape index (κ3) is 4.64. The average Bonchev–Trinajstić information content (AvgIpc) is 3.39. The Hall–Kier alpha value is -2.80. The van der Waals surface area contributed by atoms with E-state index < -0.39 is 0 Å². The minimum Gasteiger partial charge on any atom is -0.368 e. The molecule has 0 spiro atoms. The van der Waals surface area contributed by atoms with Crippen molar-refractivity contribution in [1.29, 1.82) is 0 Å². The molecule has 0 saturated carbocycles. The minimum absolute atomic E-state index is 0.131. The fraction of sp³-hybridized carbons (Fsp3) is 0.538. The van der Waals surface area contributed by atoms with Gasteiger partial charge in [-0.05, 0) is 51.0 Å². The number of nitrogens with zero attached hydrogens (tertiary/aromatic N) is 4. The van der Waals surface area contributed by atoms with Gasteiger partial charge in [0.1, 0.15) is 17.7 Å². The molecular weight excluding hydrogens is 416 g/mol. The summed E-state index contributed by atoms with van der Waals surface area (Å²) in [5.41, 5.74) is 3.29. The number of carbonyl (C=O) groups excluding carboxylic acids is 2. The van der Waals surface area contributed by atoms with Crippen molar-refractivity contribution >= 4 is 17.6 Å². The number of amides is 2. The van der Waals surface area contributed by atoms with E-state index in [1.165, 1.54) is 5.56 Å². The highest BCUT2D eigenvalue weighted by Gasteiger charge is 2.33. The average molecular weight is 449 g/mol. The highest BCUT2D eigenvalue weighted by atomic mass is 16.5. The van der Waals surface area contributed by atoms with Crippen LogP contribution in [0.2, 0.25) is 0 Å². The molecule has 1 atom stereocenters. The van der Waals surface area contributed by atoms with Crippen molar-refractivity contribution in [3.05, 3.63) is 53.0 Å². The Morgan fingerprint density at radius 2 is 1.88 bits per heavy atom. The molecule has 2 amide bonds. The number of aryl methyl sites for hydroxylation is 1. The van der Waals surface area contributed by atoms with Crippen LogP contribution in [0.3, 0.4) is 0 Å². The minimum atomic E-state index is -0.257. The van der Waals surface area contributed by atoms with E-state index in [2.05, 4.69) is 12.1 Å². The maximum Gasteiger partial charge on any atom is 0.251 e. The number of hydrogen-bond acceptors (Lipinski definition) is 5. The summed E-state index contributed by atoms with van der Waals surface area (Å²) >= 11 is 0. The standard InChI is InChI=1S/C26H32N4O3/c1-18-21-9-10-23(31)30(16-11-19-6-3-2-4-7-19)25(21)28-24(27-18)20-12-14-29(15-13-20)26(32)22-8-5-17-33-22/h2-4,6-7,20,22H,5,8-17H2,1H3/t22-/m1/s1. The predicted octanol–water partition coefficient (Wildman–Crippen LogP) is 3.19. The molecule has 33 heavy (non-hydrogen) atoms. The number of carbonyl (C=O) groups is 2. The summed E-state index contributed by atoms with van der Waals surface area (Å²) in [7, 11) is 0.